The maximum Gasteiger partial charge on any atom is 0.329 e. The van der Waals surface area contributed by atoms with Crippen LogP contribution in [0.3, 0.4) is 0 Å². The summed E-state index contributed by atoms with van der Waals surface area (Å²) in [4.78, 5) is 43.7. The van der Waals surface area contributed by atoms with Crippen molar-refractivity contribution < 1.29 is 9.59 Å². The van der Waals surface area contributed by atoms with Gasteiger partial charge in [-0.15, -0.1) is 0 Å². The molecular weight excluding hydrogens is 406 g/mol. The van der Waals surface area contributed by atoms with Gasteiger partial charge in [-0.3, -0.25) is 24.2 Å². The third-order valence-electron chi connectivity index (χ3n) is 7.00. The summed E-state index contributed by atoms with van der Waals surface area (Å²) < 4.78 is 3.38. The van der Waals surface area contributed by atoms with E-state index >= 15 is 0 Å². The number of pyridine rings is 1. The number of hydrogen-bond donors (Lipinski definition) is 1. The number of likely N-dealkylation sites (N-methyl/N-ethyl adjacent to an activating group) is 1. The molecule has 1 aliphatic heterocycles. The number of para-hydroxylation sites is 2. The van der Waals surface area contributed by atoms with E-state index in [1.165, 1.54) is 4.90 Å². The van der Waals surface area contributed by atoms with Crippen molar-refractivity contribution in [2.75, 3.05) is 7.05 Å². The number of nitrogens with one attached hydrogen (secondary N) is 1. The predicted octanol–water partition coefficient (Wildman–Crippen LogP) is 1.96. The Bertz CT molecular complexity index is 1530. The molecule has 4 aromatic rings. The van der Waals surface area contributed by atoms with Crippen LogP contribution in [0, 0.1) is 0 Å². The number of fused-ring (bicyclic) bond motifs is 3. The average Bonchev–Trinajstić information content (AvgIpc) is 3.35. The van der Waals surface area contributed by atoms with Gasteiger partial charge in [0.25, 0.3) is 5.91 Å². The predicted molar refractivity (Wildman–Crippen MR) is 119 cm³/mol. The van der Waals surface area contributed by atoms with Gasteiger partial charge in [0.05, 0.1) is 28.8 Å². The van der Waals surface area contributed by atoms with Crippen LogP contribution in [0.4, 0.5) is 4.79 Å². The number of carbonyl (C=O) groups is 2. The highest BCUT2D eigenvalue weighted by Crippen LogP contribution is 2.38. The highest BCUT2D eigenvalue weighted by atomic mass is 16.2. The largest absolute Gasteiger partial charge is 0.329 e. The van der Waals surface area contributed by atoms with Gasteiger partial charge in [0, 0.05) is 32.3 Å². The number of benzene rings is 2. The summed E-state index contributed by atoms with van der Waals surface area (Å²) in [5.41, 5.74) is 4.52. The number of aryl methyl sites for hydroxylation is 1. The van der Waals surface area contributed by atoms with Crippen molar-refractivity contribution in [3.63, 3.8) is 0 Å². The summed E-state index contributed by atoms with van der Waals surface area (Å²) in [5.74, 6) is -0.241. The topological polar surface area (TPSA) is 89.2 Å². The van der Waals surface area contributed by atoms with Crippen molar-refractivity contribution in [1.82, 2.24) is 24.3 Å². The van der Waals surface area contributed by atoms with Crippen LogP contribution >= 0.6 is 0 Å². The number of amides is 3. The molecule has 8 nitrogen and oxygen atoms in total. The van der Waals surface area contributed by atoms with Crippen LogP contribution in [0.2, 0.25) is 0 Å². The third kappa shape index (κ3) is 2.43. The molecule has 32 heavy (non-hydrogen) atoms. The van der Waals surface area contributed by atoms with Crippen LogP contribution in [0.25, 0.3) is 21.9 Å². The molecule has 1 fully saturated rings. The van der Waals surface area contributed by atoms with Gasteiger partial charge in [0.15, 0.2) is 0 Å². The SMILES string of the molecule is CN1C(=O)NC(=O)C12Cc1cc3ccc(Cn4c(=O)n(C)c5ccccc54)nc3cc1C2. The molecule has 160 valence electrons. The van der Waals surface area contributed by atoms with Gasteiger partial charge in [-0.1, -0.05) is 18.2 Å². The zero-order valence-corrected chi connectivity index (χ0v) is 17.8. The van der Waals surface area contributed by atoms with Crippen molar-refractivity contribution in [3.05, 3.63) is 75.8 Å². The molecule has 2 aromatic heterocycles. The molecule has 1 spiro atoms. The first-order valence-corrected chi connectivity index (χ1v) is 10.5. The van der Waals surface area contributed by atoms with Crippen LogP contribution in [-0.4, -0.2) is 43.5 Å². The summed E-state index contributed by atoms with van der Waals surface area (Å²) in [7, 11) is 3.44. The standard InChI is InChI=1S/C24H21N5O3/c1-27-19-5-3-4-6-20(19)29(23(27)32)13-17-8-7-14-9-15-11-24(12-16(15)10-18(14)25-17)21(30)26-22(31)28(24)2/h3-10H,11-13H2,1-2H3,(H,26,30,31). The molecule has 3 heterocycles. The molecule has 1 aliphatic carbocycles. The number of imide groups is 1. The Morgan fingerprint density at radius 3 is 2.41 bits per heavy atom. The Balaban J connectivity index is 1.39. The second kappa shape index (κ2) is 6.29. The Morgan fingerprint density at radius 1 is 0.969 bits per heavy atom. The van der Waals surface area contributed by atoms with E-state index < -0.39 is 5.54 Å². The fourth-order valence-corrected chi connectivity index (χ4v) is 5.13. The molecule has 2 aliphatic rings. The van der Waals surface area contributed by atoms with Crippen LogP contribution in [-0.2, 0) is 31.2 Å². The van der Waals surface area contributed by atoms with Crippen LogP contribution in [0.1, 0.15) is 16.8 Å². The van der Waals surface area contributed by atoms with Gasteiger partial charge >= 0.3 is 11.7 Å². The van der Waals surface area contributed by atoms with E-state index in [0.717, 1.165) is 38.8 Å². The van der Waals surface area contributed by atoms with E-state index in [0.29, 0.717) is 19.4 Å². The molecule has 6 rings (SSSR count). The highest BCUT2D eigenvalue weighted by Gasteiger charge is 2.54. The highest BCUT2D eigenvalue weighted by molar-refractivity contribution is 6.07. The summed E-state index contributed by atoms with van der Waals surface area (Å²) in [6.45, 7) is 0.372. The lowest BCUT2D eigenvalue weighted by Crippen LogP contribution is -2.48. The zero-order valence-electron chi connectivity index (χ0n) is 17.8. The van der Waals surface area contributed by atoms with Crippen molar-refractivity contribution in [1.29, 1.82) is 0 Å². The number of urea groups is 1. The number of hydrogen-bond acceptors (Lipinski definition) is 4. The fourth-order valence-electron chi connectivity index (χ4n) is 5.13. The number of aromatic nitrogens is 3. The normalized spacial score (nSPS) is 20.0. The van der Waals surface area contributed by atoms with Gasteiger partial charge in [0.1, 0.15) is 5.54 Å². The number of rotatable bonds is 2. The molecule has 3 amide bonds. The monoisotopic (exact) mass is 427 g/mol. The van der Waals surface area contributed by atoms with Gasteiger partial charge in [0.2, 0.25) is 0 Å². The summed E-state index contributed by atoms with van der Waals surface area (Å²) >= 11 is 0. The van der Waals surface area contributed by atoms with E-state index in [1.54, 1.807) is 23.2 Å². The minimum Gasteiger partial charge on any atom is -0.312 e. The van der Waals surface area contributed by atoms with Crippen molar-refractivity contribution in [2.45, 2.75) is 24.9 Å². The Morgan fingerprint density at radius 2 is 1.69 bits per heavy atom. The number of imidazole rings is 1. The summed E-state index contributed by atoms with van der Waals surface area (Å²) in [6.07, 6.45) is 0.973. The quantitative estimate of drug-likeness (QED) is 0.495. The molecule has 1 saturated heterocycles. The first kappa shape index (κ1) is 18.8. The Hall–Kier alpha value is -3.94. The lowest BCUT2D eigenvalue weighted by molar-refractivity contribution is -0.125. The fraction of sp³-hybridized carbons (Fsp3) is 0.250. The van der Waals surface area contributed by atoms with E-state index in [-0.39, 0.29) is 17.6 Å². The van der Waals surface area contributed by atoms with Crippen molar-refractivity contribution in [3.8, 4) is 0 Å². The molecule has 1 atom stereocenters. The van der Waals surface area contributed by atoms with Gasteiger partial charge in [-0.25, -0.2) is 9.59 Å². The summed E-state index contributed by atoms with van der Waals surface area (Å²) in [5, 5.41) is 3.41. The van der Waals surface area contributed by atoms with E-state index in [9.17, 15) is 14.4 Å². The first-order chi connectivity index (χ1) is 15.4. The maximum atomic E-state index is 12.8. The van der Waals surface area contributed by atoms with Crippen molar-refractivity contribution in [2.24, 2.45) is 7.05 Å². The minimum atomic E-state index is -0.851. The Kier molecular flexibility index (Phi) is 3.69. The van der Waals surface area contributed by atoms with Crippen LogP contribution in [0.15, 0.2) is 53.3 Å². The Labute approximate surface area is 183 Å². The van der Waals surface area contributed by atoms with Crippen LogP contribution in [0.5, 0.6) is 0 Å². The van der Waals surface area contributed by atoms with E-state index in [2.05, 4.69) is 11.4 Å². The molecule has 0 bridgehead atoms. The van der Waals surface area contributed by atoms with Crippen molar-refractivity contribution >= 4 is 33.9 Å². The molecule has 1 N–H and O–H groups in total. The number of nitrogens with zero attached hydrogens (tertiary/aromatic N) is 4. The second-order valence-electron chi connectivity index (χ2n) is 8.74. The third-order valence-corrected chi connectivity index (χ3v) is 7.00. The summed E-state index contributed by atoms with van der Waals surface area (Å²) in [6, 6.07) is 15.4. The van der Waals surface area contributed by atoms with Gasteiger partial charge in [-0.05, 0) is 41.5 Å². The molecule has 2 aromatic carbocycles. The maximum absolute atomic E-state index is 12.8. The van der Waals surface area contributed by atoms with Gasteiger partial charge in [-0.2, -0.15) is 0 Å². The second-order valence-corrected chi connectivity index (χ2v) is 8.74. The first-order valence-electron chi connectivity index (χ1n) is 10.5. The van der Waals surface area contributed by atoms with Crippen LogP contribution < -0.4 is 11.0 Å². The van der Waals surface area contributed by atoms with E-state index in [1.807, 2.05) is 42.5 Å². The number of carbonyl (C=O) groups excluding carboxylic acids is 2. The average molecular weight is 427 g/mol. The molecule has 1 unspecified atom stereocenters. The minimum absolute atomic E-state index is 0.0797. The smallest absolute Gasteiger partial charge is 0.312 e. The molecule has 0 saturated carbocycles. The van der Waals surface area contributed by atoms with Gasteiger partial charge < -0.3 is 4.90 Å². The molecule has 0 radical (unpaired) electrons. The lowest BCUT2D eigenvalue weighted by atomic mass is 9.95. The molecular formula is C24H21N5O3. The lowest BCUT2D eigenvalue weighted by Gasteiger charge is -2.27. The molecule has 8 heteroatoms. The van der Waals surface area contributed by atoms with E-state index in [4.69, 9.17) is 4.98 Å². The zero-order chi connectivity index (χ0) is 22.2.